The van der Waals surface area contributed by atoms with Crippen molar-refractivity contribution in [3.8, 4) is 11.4 Å². The number of aromatic nitrogens is 2. The van der Waals surface area contributed by atoms with E-state index in [9.17, 15) is 4.79 Å². The van der Waals surface area contributed by atoms with Crippen LogP contribution in [0.25, 0.3) is 11.4 Å². The van der Waals surface area contributed by atoms with E-state index in [2.05, 4.69) is 29.5 Å². The van der Waals surface area contributed by atoms with E-state index in [1.165, 1.54) is 17.6 Å². The van der Waals surface area contributed by atoms with Crippen molar-refractivity contribution in [1.82, 2.24) is 14.9 Å². The van der Waals surface area contributed by atoms with Crippen molar-refractivity contribution >= 4 is 11.6 Å². The van der Waals surface area contributed by atoms with Gasteiger partial charge in [-0.2, -0.15) is 0 Å². The number of H-pyrrole nitrogens is 1. The van der Waals surface area contributed by atoms with Crippen molar-refractivity contribution in [2.24, 2.45) is 5.92 Å². The molecule has 2 heterocycles. The van der Waals surface area contributed by atoms with Crippen LogP contribution in [0.3, 0.4) is 0 Å². The van der Waals surface area contributed by atoms with E-state index in [0.717, 1.165) is 49.2 Å². The first-order valence-electron chi connectivity index (χ1n) is 9.93. The lowest BCUT2D eigenvalue weighted by atomic mass is 9.85. The van der Waals surface area contributed by atoms with Gasteiger partial charge in [-0.1, -0.05) is 35.4 Å². The average Bonchev–Trinajstić information content (AvgIpc) is 2.69. The van der Waals surface area contributed by atoms with Gasteiger partial charge in [0, 0.05) is 36.6 Å². The molecule has 28 heavy (non-hydrogen) atoms. The van der Waals surface area contributed by atoms with Gasteiger partial charge in [0.1, 0.15) is 5.82 Å². The van der Waals surface area contributed by atoms with Gasteiger partial charge >= 0.3 is 0 Å². The Bertz CT molecular complexity index is 974. The number of hydrogen-bond donors (Lipinski definition) is 1. The lowest BCUT2D eigenvalue weighted by Crippen LogP contribution is -2.37. The van der Waals surface area contributed by atoms with Crippen LogP contribution in [0.15, 0.2) is 52.9 Å². The lowest BCUT2D eigenvalue weighted by molar-refractivity contribution is 0.266. The first-order valence-corrected chi connectivity index (χ1v) is 10.3. The summed E-state index contributed by atoms with van der Waals surface area (Å²) >= 11 is 5.96. The van der Waals surface area contributed by atoms with E-state index in [4.69, 9.17) is 16.6 Å². The number of aromatic amines is 1. The van der Waals surface area contributed by atoms with Crippen molar-refractivity contribution < 1.29 is 0 Å². The summed E-state index contributed by atoms with van der Waals surface area (Å²) in [7, 11) is 0. The van der Waals surface area contributed by atoms with E-state index >= 15 is 0 Å². The van der Waals surface area contributed by atoms with Crippen LogP contribution in [-0.4, -0.2) is 28.0 Å². The van der Waals surface area contributed by atoms with Crippen molar-refractivity contribution in [3.63, 3.8) is 0 Å². The number of allylic oxidation sites excluding steroid dienone is 2. The molecule has 5 heteroatoms. The Morgan fingerprint density at radius 1 is 1.32 bits per heavy atom. The van der Waals surface area contributed by atoms with Gasteiger partial charge in [0.2, 0.25) is 0 Å². The highest BCUT2D eigenvalue weighted by Crippen LogP contribution is 2.29. The average molecular weight is 396 g/mol. The fourth-order valence-electron chi connectivity index (χ4n) is 4.13. The molecule has 1 aliphatic heterocycles. The molecule has 1 aliphatic carbocycles. The normalized spacial score (nSPS) is 19.8. The third kappa shape index (κ3) is 4.13. The summed E-state index contributed by atoms with van der Waals surface area (Å²) in [5.41, 5.74) is 5.36. The van der Waals surface area contributed by atoms with Gasteiger partial charge in [-0.3, -0.25) is 9.69 Å². The van der Waals surface area contributed by atoms with Crippen LogP contribution in [0.2, 0.25) is 5.02 Å². The molecule has 1 aromatic carbocycles. The predicted octanol–water partition coefficient (Wildman–Crippen LogP) is 4.75. The molecule has 0 saturated carbocycles. The molecule has 1 unspecified atom stereocenters. The molecule has 0 fully saturated rings. The number of halogens is 1. The third-order valence-electron chi connectivity index (χ3n) is 5.89. The zero-order chi connectivity index (χ0) is 19.7. The minimum atomic E-state index is -0.0281. The highest BCUT2D eigenvalue weighted by molar-refractivity contribution is 6.30. The summed E-state index contributed by atoms with van der Waals surface area (Å²) in [6.45, 7) is 8.77. The maximum atomic E-state index is 12.7. The number of hydrogen-bond acceptors (Lipinski definition) is 3. The van der Waals surface area contributed by atoms with Gasteiger partial charge in [0.15, 0.2) is 0 Å². The summed E-state index contributed by atoms with van der Waals surface area (Å²) in [5, 5.41) is 0.672. The highest BCUT2D eigenvalue weighted by Gasteiger charge is 2.23. The van der Waals surface area contributed by atoms with Crippen molar-refractivity contribution in [1.29, 1.82) is 0 Å². The van der Waals surface area contributed by atoms with Crippen molar-refractivity contribution in [2.75, 3.05) is 13.1 Å². The number of nitrogens with zero attached hydrogens (tertiary/aromatic N) is 2. The second kappa shape index (κ2) is 8.06. The maximum absolute atomic E-state index is 12.7. The van der Waals surface area contributed by atoms with Crippen LogP contribution >= 0.6 is 11.6 Å². The quantitative estimate of drug-likeness (QED) is 0.760. The largest absolute Gasteiger partial charge is 0.306 e. The molecule has 4 nitrogen and oxygen atoms in total. The van der Waals surface area contributed by atoms with Gasteiger partial charge in [-0.15, -0.1) is 0 Å². The van der Waals surface area contributed by atoms with Crippen LogP contribution in [-0.2, 0) is 13.0 Å². The fourth-order valence-corrected chi connectivity index (χ4v) is 4.25. The van der Waals surface area contributed by atoms with Crippen LogP contribution in [0.4, 0.5) is 0 Å². The van der Waals surface area contributed by atoms with Crippen LogP contribution in [0, 0.1) is 5.92 Å². The molecule has 0 saturated heterocycles. The van der Waals surface area contributed by atoms with E-state index in [1.54, 1.807) is 0 Å². The fraction of sp³-hybridized carbons (Fsp3) is 0.391. The summed E-state index contributed by atoms with van der Waals surface area (Å²) in [6.07, 6.45) is 6.61. The Morgan fingerprint density at radius 3 is 2.79 bits per heavy atom. The number of nitrogens with one attached hydrogen (secondary N) is 1. The maximum Gasteiger partial charge on any atom is 0.255 e. The SMILES string of the molecule is C=C(C)C1CC=C(CN2CCc3nc(-c4ccc(Cl)cc4)[nH]c(=O)c3C2)CC1. The van der Waals surface area contributed by atoms with Crippen LogP contribution < -0.4 is 5.56 Å². The molecule has 0 radical (unpaired) electrons. The predicted molar refractivity (Wildman–Crippen MR) is 115 cm³/mol. The van der Waals surface area contributed by atoms with Crippen LogP contribution in [0.1, 0.15) is 37.4 Å². The zero-order valence-corrected chi connectivity index (χ0v) is 17.1. The van der Waals surface area contributed by atoms with Gasteiger partial charge in [0.25, 0.3) is 5.56 Å². The molecule has 0 bridgehead atoms. The topological polar surface area (TPSA) is 49.0 Å². The highest BCUT2D eigenvalue weighted by atomic mass is 35.5. The minimum absolute atomic E-state index is 0.0281. The van der Waals surface area contributed by atoms with E-state index in [0.29, 0.717) is 23.3 Å². The Hall–Kier alpha value is -2.17. The lowest BCUT2D eigenvalue weighted by Gasteiger charge is -2.30. The molecule has 1 atom stereocenters. The summed E-state index contributed by atoms with van der Waals surface area (Å²) < 4.78 is 0. The van der Waals surface area contributed by atoms with Crippen LogP contribution in [0.5, 0.6) is 0 Å². The van der Waals surface area contributed by atoms with Crippen molar-refractivity contribution in [3.05, 3.63) is 74.7 Å². The number of rotatable bonds is 4. The smallest absolute Gasteiger partial charge is 0.255 e. The number of fused-ring (bicyclic) bond motifs is 1. The molecule has 4 rings (SSSR count). The molecule has 1 aromatic heterocycles. The second-order valence-corrected chi connectivity index (χ2v) is 8.42. The van der Waals surface area contributed by atoms with Gasteiger partial charge in [0.05, 0.1) is 11.3 Å². The summed E-state index contributed by atoms with van der Waals surface area (Å²) in [5.74, 6) is 1.25. The second-order valence-electron chi connectivity index (χ2n) is 7.99. The van der Waals surface area contributed by atoms with Gasteiger partial charge in [-0.25, -0.2) is 4.98 Å². The minimum Gasteiger partial charge on any atom is -0.306 e. The molecule has 0 spiro atoms. The molecule has 1 N–H and O–H groups in total. The first-order chi connectivity index (χ1) is 13.5. The van der Waals surface area contributed by atoms with E-state index < -0.39 is 0 Å². The Morgan fingerprint density at radius 2 is 2.11 bits per heavy atom. The summed E-state index contributed by atoms with van der Waals surface area (Å²) in [4.78, 5) is 22.8. The van der Waals surface area contributed by atoms with E-state index in [-0.39, 0.29) is 5.56 Å². The van der Waals surface area contributed by atoms with Gasteiger partial charge < -0.3 is 4.98 Å². The summed E-state index contributed by atoms with van der Waals surface area (Å²) in [6, 6.07) is 7.40. The molecule has 146 valence electrons. The monoisotopic (exact) mass is 395 g/mol. The molecule has 2 aromatic rings. The molecule has 0 amide bonds. The van der Waals surface area contributed by atoms with E-state index in [1.807, 2.05) is 24.3 Å². The van der Waals surface area contributed by atoms with Gasteiger partial charge in [-0.05, 0) is 56.4 Å². The molecular weight excluding hydrogens is 370 g/mol. The standard InChI is InChI=1S/C23H26ClN3O/c1-15(2)17-5-3-16(4-6-17)13-27-12-11-21-20(14-27)23(28)26-22(25-21)18-7-9-19(24)10-8-18/h3,7-10,17H,1,4-6,11-14H2,2H3,(H,25,26,28). The Kier molecular flexibility index (Phi) is 5.51. The Balaban J connectivity index is 1.48. The molecular formula is C23H26ClN3O. The zero-order valence-electron chi connectivity index (χ0n) is 16.3. The Labute approximate surface area is 171 Å². The first kappa shape index (κ1) is 19.2. The van der Waals surface area contributed by atoms with Crippen molar-refractivity contribution in [2.45, 2.75) is 39.2 Å². The third-order valence-corrected chi connectivity index (χ3v) is 6.15. The number of benzene rings is 1. The molecule has 2 aliphatic rings.